The van der Waals surface area contributed by atoms with Gasteiger partial charge in [-0.3, -0.25) is 4.79 Å². The van der Waals surface area contributed by atoms with Gasteiger partial charge in [-0.05, 0) is 54.4 Å². The number of benzene rings is 3. The lowest BCUT2D eigenvalue weighted by Crippen LogP contribution is -2.45. The molecule has 9 heteroatoms. The summed E-state index contributed by atoms with van der Waals surface area (Å²) in [6.07, 6.45) is 0.112. The second-order valence-corrected chi connectivity index (χ2v) is 9.32. The van der Waals surface area contributed by atoms with Crippen molar-refractivity contribution in [3.8, 4) is 0 Å². The van der Waals surface area contributed by atoms with Gasteiger partial charge in [0.25, 0.3) is 0 Å². The summed E-state index contributed by atoms with van der Waals surface area (Å²) in [5.41, 5.74) is 1.03. The minimum atomic E-state index is -3.98. The average Bonchev–Trinajstić information content (AvgIpc) is 2.74. The summed E-state index contributed by atoms with van der Waals surface area (Å²) in [5.74, 6) is -1.74. The zero-order valence-corrected chi connectivity index (χ0v) is 18.6. The van der Waals surface area contributed by atoms with E-state index in [1.54, 1.807) is 36.4 Å². The molecular formula is C22H19BrN2O5S. The van der Waals surface area contributed by atoms with Gasteiger partial charge in [0.15, 0.2) is 0 Å². The van der Waals surface area contributed by atoms with Crippen molar-refractivity contribution in [3.63, 3.8) is 0 Å². The van der Waals surface area contributed by atoms with E-state index in [4.69, 9.17) is 5.11 Å². The number of carbonyl (C=O) groups is 2. The van der Waals surface area contributed by atoms with Crippen LogP contribution in [0.5, 0.6) is 0 Å². The molecule has 3 N–H and O–H groups in total. The minimum Gasteiger partial charge on any atom is -0.478 e. The van der Waals surface area contributed by atoms with E-state index >= 15 is 0 Å². The summed E-state index contributed by atoms with van der Waals surface area (Å²) in [5, 5.41) is 11.7. The molecule has 31 heavy (non-hydrogen) atoms. The van der Waals surface area contributed by atoms with Gasteiger partial charge in [-0.1, -0.05) is 52.3 Å². The van der Waals surface area contributed by atoms with Crippen molar-refractivity contribution in [3.05, 3.63) is 94.5 Å². The highest BCUT2D eigenvalue weighted by molar-refractivity contribution is 9.10. The van der Waals surface area contributed by atoms with Crippen LogP contribution in [0.4, 0.5) is 5.69 Å². The van der Waals surface area contributed by atoms with Crippen LogP contribution in [0, 0.1) is 0 Å². The summed E-state index contributed by atoms with van der Waals surface area (Å²) in [7, 11) is -3.98. The molecule has 0 aliphatic rings. The van der Waals surface area contributed by atoms with E-state index in [-0.39, 0.29) is 22.6 Å². The molecule has 3 aromatic carbocycles. The normalized spacial score (nSPS) is 12.2. The minimum absolute atomic E-state index is 0.00727. The smallest absolute Gasteiger partial charge is 0.335 e. The maximum atomic E-state index is 13.0. The van der Waals surface area contributed by atoms with E-state index in [1.807, 2.05) is 6.07 Å². The van der Waals surface area contributed by atoms with Gasteiger partial charge in [-0.15, -0.1) is 0 Å². The van der Waals surface area contributed by atoms with Crippen molar-refractivity contribution in [2.24, 2.45) is 0 Å². The zero-order valence-electron chi connectivity index (χ0n) is 16.2. The summed E-state index contributed by atoms with van der Waals surface area (Å²) in [6.45, 7) is 0. The van der Waals surface area contributed by atoms with Crippen LogP contribution >= 0.6 is 15.9 Å². The number of sulfonamides is 1. The van der Waals surface area contributed by atoms with Gasteiger partial charge in [0.05, 0.1) is 10.5 Å². The molecule has 3 aromatic rings. The Morgan fingerprint density at radius 3 is 2.26 bits per heavy atom. The highest BCUT2D eigenvalue weighted by atomic mass is 79.9. The number of aromatic carboxylic acids is 1. The fourth-order valence-corrected chi connectivity index (χ4v) is 4.33. The quantitative estimate of drug-likeness (QED) is 0.434. The number of rotatable bonds is 8. The van der Waals surface area contributed by atoms with Gasteiger partial charge in [0.2, 0.25) is 15.9 Å². The Kier molecular flexibility index (Phi) is 7.21. The standard InChI is InChI=1S/C22H19BrN2O5S/c23-17-9-11-19(12-10-17)31(29,30)25-20(13-15-5-2-1-3-6-15)21(26)24-18-8-4-7-16(14-18)22(27)28/h1-12,14,20,25H,13H2,(H,24,26)(H,27,28)/t20-/m0/s1. The van der Waals surface area contributed by atoms with Crippen LogP contribution in [0.2, 0.25) is 0 Å². The number of carbonyl (C=O) groups excluding carboxylic acids is 1. The number of nitrogens with one attached hydrogen (secondary N) is 2. The molecule has 0 bridgehead atoms. The maximum Gasteiger partial charge on any atom is 0.335 e. The number of carboxylic acid groups (broad SMARTS) is 1. The van der Waals surface area contributed by atoms with Crippen LogP contribution in [-0.2, 0) is 21.2 Å². The van der Waals surface area contributed by atoms with E-state index < -0.39 is 27.9 Å². The molecule has 1 atom stereocenters. The molecule has 0 spiro atoms. The number of amides is 1. The van der Waals surface area contributed by atoms with E-state index in [9.17, 15) is 18.0 Å². The van der Waals surface area contributed by atoms with Gasteiger partial charge in [-0.25, -0.2) is 13.2 Å². The largest absolute Gasteiger partial charge is 0.478 e. The first-order chi connectivity index (χ1) is 14.7. The van der Waals surface area contributed by atoms with E-state index in [2.05, 4.69) is 26.0 Å². The molecule has 3 rings (SSSR count). The molecule has 0 unspecified atom stereocenters. The summed E-state index contributed by atoms with van der Waals surface area (Å²) >= 11 is 3.26. The maximum absolute atomic E-state index is 13.0. The molecule has 0 radical (unpaired) electrons. The molecule has 0 fully saturated rings. The van der Waals surface area contributed by atoms with Gasteiger partial charge >= 0.3 is 5.97 Å². The van der Waals surface area contributed by atoms with E-state index in [1.165, 1.54) is 36.4 Å². The van der Waals surface area contributed by atoms with Gasteiger partial charge in [0.1, 0.15) is 6.04 Å². The first-order valence-corrected chi connectivity index (χ1v) is 11.5. The lowest BCUT2D eigenvalue weighted by Gasteiger charge is -2.19. The highest BCUT2D eigenvalue weighted by Crippen LogP contribution is 2.17. The van der Waals surface area contributed by atoms with Crippen LogP contribution < -0.4 is 10.0 Å². The molecule has 160 valence electrons. The molecule has 0 aliphatic heterocycles. The lowest BCUT2D eigenvalue weighted by molar-refractivity contribution is -0.117. The van der Waals surface area contributed by atoms with Crippen molar-refractivity contribution >= 4 is 43.5 Å². The summed E-state index contributed by atoms with van der Waals surface area (Å²) in [4.78, 5) is 24.2. The molecular weight excluding hydrogens is 484 g/mol. The van der Waals surface area contributed by atoms with Crippen LogP contribution in [0.3, 0.4) is 0 Å². The number of hydrogen-bond acceptors (Lipinski definition) is 4. The van der Waals surface area contributed by atoms with Crippen molar-refractivity contribution in [1.29, 1.82) is 0 Å². The Morgan fingerprint density at radius 2 is 1.61 bits per heavy atom. The monoisotopic (exact) mass is 502 g/mol. The van der Waals surface area contributed by atoms with Gasteiger partial charge in [-0.2, -0.15) is 4.72 Å². The Bertz CT molecular complexity index is 1180. The molecule has 1 amide bonds. The van der Waals surface area contributed by atoms with Crippen molar-refractivity contribution in [2.45, 2.75) is 17.4 Å². The fourth-order valence-electron chi connectivity index (χ4n) is 2.87. The van der Waals surface area contributed by atoms with Crippen LogP contribution in [0.1, 0.15) is 15.9 Å². The van der Waals surface area contributed by atoms with Crippen molar-refractivity contribution < 1.29 is 23.1 Å². The third kappa shape index (κ3) is 6.24. The Balaban J connectivity index is 1.86. The summed E-state index contributed by atoms with van der Waals surface area (Å²) < 4.78 is 28.9. The number of hydrogen-bond donors (Lipinski definition) is 3. The molecule has 0 saturated carbocycles. The van der Waals surface area contributed by atoms with Gasteiger partial charge in [0, 0.05) is 10.2 Å². The molecule has 0 aliphatic carbocycles. The Morgan fingerprint density at radius 1 is 0.935 bits per heavy atom. The zero-order chi connectivity index (χ0) is 22.4. The predicted molar refractivity (Wildman–Crippen MR) is 120 cm³/mol. The number of halogens is 1. The average molecular weight is 503 g/mol. The molecule has 0 heterocycles. The lowest BCUT2D eigenvalue weighted by atomic mass is 10.1. The van der Waals surface area contributed by atoms with Gasteiger partial charge < -0.3 is 10.4 Å². The Labute approximate surface area is 188 Å². The van der Waals surface area contributed by atoms with E-state index in [0.717, 1.165) is 10.0 Å². The molecule has 7 nitrogen and oxygen atoms in total. The first-order valence-electron chi connectivity index (χ1n) is 9.20. The topological polar surface area (TPSA) is 113 Å². The van der Waals surface area contributed by atoms with Crippen molar-refractivity contribution in [2.75, 3.05) is 5.32 Å². The number of carboxylic acids is 1. The SMILES string of the molecule is O=C(O)c1cccc(NC(=O)[C@H](Cc2ccccc2)NS(=O)(=O)c2ccc(Br)cc2)c1. The number of anilines is 1. The third-order valence-electron chi connectivity index (χ3n) is 4.40. The second-order valence-electron chi connectivity index (χ2n) is 6.69. The Hall–Kier alpha value is -3.01. The third-order valence-corrected chi connectivity index (χ3v) is 6.41. The van der Waals surface area contributed by atoms with Crippen LogP contribution in [-0.4, -0.2) is 31.4 Å². The van der Waals surface area contributed by atoms with Crippen LogP contribution in [0.15, 0.2) is 88.2 Å². The molecule has 0 aromatic heterocycles. The van der Waals surface area contributed by atoms with Crippen molar-refractivity contribution in [1.82, 2.24) is 4.72 Å². The molecule has 0 saturated heterocycles. The summed E-state index contributed by atoms with van der Waals surface area (Å²) in [6, 6.07) is 19.7. The fraction of sp³-hybridized carbons (Fsp3) is 0.0909. The van der Waals surface area contributed by atoms with Crippen LogP contribution in [0.25, 0.3) is 0 Å². The first kappa shape index (κ1) is 22.7. The highest BCUT2D eigenvalue weighted by Gasteiger charge is 2.26. The second kappa shape index (κ2) is 9.86. The van der Waals surface area contributed by atoms with E-state index in [0.29, 0.717) is 0 Å². The predicted octanol–water partition coefficient (Wildman–Crippen LogP) is 3.68.